The van der Waals surface area contributed by atoms with Crippen LogP contribution in [0, 0.1) is 6.92 Å². The Morgan fingerprint density at radius 2 is 2.29 bits per heavy atom. The zero-order valence-electron chi connectivity index (χ0n) is 9.89. The number of nitrogens with zero attached hydrogens (tertiary/aromatic N) is 3. The van der Waals surface area contributed by atoms with Crippen LogP contribution in [0.25, 0.3) is 0 Å². The number of hydrogen-bond acceptors (Lipinski definition) is 3. The number of rotatable bonds is 3. The molecule has 0 saturated carbocycles. The first-order valence-electron chi connectivity index (χ1n) is 5.53. The molecule has 0 fully saturated rings. The van der Waals surface area contributed by atoms with Crippen LogP contribution in [0.5, 0.6) is 0 Å². The first-order chi connectivity index (χ1) is 8.15. The molecule has 17 heavy (non-hydrogen) atoms. The van der Waals surface area contributed by atoms with E-state index in [4.69, 9.17) is 17.3 Å². The third-order valence-electron chi connectivity index (χ3n) is 2.77. The van der Waals surface area contributed by atoms with Gasteiger partial charge in [0.15, 0.2) is 0 Å². The normalized spacial score (nSPS) is 12.7. The van der Waals surface area contributed by atoms with Crippen molar-refractivity contribution < 1.29 is 0 Å². The molecule has 5 heteroatoms. The van der Waals surface area contributed by atoms with E-state index in [-0.39, 0.29) is 6.04 Å². The lowest BCUT2D eigenvalue weighted by Crippen LogP contribution is -2.19. The molecule has 2 N–H and O–H groups in total. The van der Waals surface area contributed by atoms with E-state index in [2.05, 4.69) is 10.1 Å². The van der Waals surface area contributed by atoms with Crippen LogP contribution in [0.4, 0.5) is 0 Å². The summed E-state index contributed by atoms with van der Waals surface area (Å²) < 4.78 is 1.81. The van der Waals surface area contributed by atoms with E-state index >= 15 is 0 Å². The highest BCUT2D eigenvalue weighted by Crippen LogP contribution is 2.26. The van der Waals surface area contributed by atoms with Crippen molar-refractivity contribution in [3.05, 3.63) is 46.5 Å². The van der Waals surface area contributed by atoms with Crippen molar-refractivity contribution in [2.24, 2.45) is 5.73 Å². The standard InChI is InChI=1S/C12H15ClN4/c1-3-17-12(9(13)7-16-17)10(14)11-8(2)5-4-6-15-11/h4-7,10H,3,14H2,1-2H3. The number of aromatic nitrogens is 3. The van der Waals surface area contributed by atoms with Gasteiger partial charge in [-0.05, 0) is 25.5 Å². The van der Waals surface area contributed by atoms with Gasteiger partial charge in [-0.1, -0.05) is 17.7 Å². The van der Waals surface area contributed by atoms with Gasteiger partial charge in [-0.3, -0.25) is 9.67 Å². The Morgan fingerprint density at radius 3 is 2.94 bits per heavy atom. The summed E-state index contributed by atoms with van der Waals surface area (Å²) in [5.41, 5.74) is 8.94. The molecule has 0 saturated heterocycles. The van der Waals surface area contributed by atoms with Crippen LogP contribution in [0.15, 0.2) is 24.5 Å². The Labute approximate surface area is 105 Å². The fraction of sp³-hybridized carbons (Fsp3) is 0.333. The minimum atomic E-state index is -0.342. The fourth-order valence-corrected chi connectivity index (χ4v) is 2.14. The molecule has 2 rings (SSSR count). The van der Waals surface area contributed by atoms with Gasteiger partial charge in [-0.25, -0.2) is 0 Å². The number of pyridine rings is 1. The van der Waals surface area contributed by atoms with Crippen LogP contribution in [-0.4, -0.2) is 14.8 Å². The summed E-state index contributed by atoms with van der Waals surface area (Å²) in [6, 6.07) is 3.54. The lowest BCUT2D eigenvalue weighted by molar-refractivity contribution is 0.595. The van der Waals surface area contributed by atoms with Crippen molar-refractivity contribution >= 4 is 11.6 Å². The maximum absolute atomic E-state index is 6.23. The SMILES string of the molecule is CCn1ncc(Cl)c1C(N)c1ncccc1C. The molecule has 0 radical (unpaired) electrons. The number of aryl methyl sites for hydroxylation is 2. The van der Waals surface area contributed by atoms with Gasteiger partial charge in [0.2, 0.25) is 0 Å². The second-order valence-electron chi connectivity index (χ2n) is 3.88. The van der Waals surface area contributed by atoms with E-state index in [1.807, 2.05) is 26.0 Å². The predicted octanol–water partition coefficient (Wildman–Crippen LogP) is 2.31. The second-order valence-corrected chi connectivity index (χ2v) is 4.28. The van der Waals surface area contributed by atoms with Crippen LogP contribution in [0.3, 0.4) is 0 Å². The van der Waals surface area contributed by atoms with E-state index in [1.165, 1.54) is 0 Å². The van der Waals surface area contributed by atoms with Crippen molar-refractivity contribution in [1.29, 1.82) is 0 Å². The maximum atomic E-state index is 6.23. The zero-order valence-corrected chi connectivity index (χ0v) is 10.6. The predicted molar refractivity (Wildman–Crippen MR) is 67.9 cm³/mol. The molecule has 1 atom stereocenters. The molecule has 2 heterocycles. The van der Waals surface area contributed by atoms with Crippen molar-refractivity contribution in [3.8, 4) is 0 Å². The number of halogens is 1. The molecule has 0 bridgehead atoms. The molecule has 0 aliphatic carbocycles. The summed E-state index contributed by atoms with van der Waals surface area (Å²) in [4.78, 5) is 4.33. The molecule has 4 nitrogen and oxygen atoms in total. The van der Waals surface area contributed by atoms with Crippen LogP contribution in [-0.2, 0) is 6.54 Å². The molecule has 0 amide bonds. The van der Waals surface area contributed by atoms with Gasteiger partial charge in [0.1, 0.15) is 0 Å². The van der Waals surface area contributed by atoms with Gasteiger partial charge in [0, 0.05) is 12.7 Å². The molecular formula is C12H15ClN4. The molecule has 0 aromatic carbocycles. The highest BCUT2D eigenvalue weighted by molar-refractivity contribution is 6.31. The highest BCUT2D eigenvalue weighted by Gasteiger charge is 2.20. The Balaban J connectivity index is 2.47. The maximum Gasteiger partial charge on any atom is 0.0914 e. The molecule has 0 spiro atoms. The first kappa shape index (κ1) is 12.1. The zero-order chi connectivity index (χ0) is 12.4. The van der Waals surface area contributed by atoms with Crippen LogP contribution in [0.1, 0.15) is 29.9 Å². The van der Waals surface area contributed by atoms with Crippen molar-refractivity contribution in [2.45, 2.75) is 26.4 Å². The smallest absolute Gasteiger partial charge is 0.0914 e. The largest absolute Gasteiger partial charge is 0.318 e. The van der Waals surface area contributed by atoms with E-state index in [1.54, 1.807) is 17.1 Å². The van der Waals surface area contributed by atoms with E-state index < -0.39 is 0 Å². The van der Waals surface area contributed by atoms with E-state index in [0.717, 1.165) is 23.5 Å². The molecule has 1 unspecified atom stereocenters. The van der Waals surface area contributed by atoms with Crippen molar-refractivity contribution in [1.82, 2.24) is 14.8 Å². The van der Waals surface area contributed by atoms with Gasteiger partial charge in [-0.2, -0.15) is 5.10 Å². The summed E-state index contributed by atoms with van der Waals surface area (Å²) in [6.07, 6.45) is 3.36. The molecule has 90 valence electrons. The van der Waals surface area contributed by atoms with E-state index in [0.29, 0.717) is 5.02 Å². The minimum absolute atomic E-state index is 0.342. The second kappa shape index (κ2) is 4.85. The Morgan fingerprint density at radius 1 is 1.53 bits per heavy atom. The summed E-state index contributed by atoms with van der Waals surface area (Å²) in [5.74, 6) is 0. The average molecular weight is 251 g/mol. The Bertz CT molecular complexity index is 521. The Kier molecular flexibility index (Phi) is 3.45. The molecular weight excluding hydrogens is 236 g/mol. The van der Waals surface area contributed by atoms with Gasteiger partial charge >= 0.3 is 0 Å². The third-order valence-corrected chi connectivity index (χ3v) is 3.06. The van der Waals surface area contributed by atoms with Crippen molar-refractivity contribution in [2.75, 3.05) is 0 Å². The van der Waals surface area contributed by atoms with Crippen LogP contribution >= 0.6 is 11.6 Å². The summed E-state index contributed by atoms with van der Waals surface area (Å²) >= 11 is 6.13. The quantitative estimate of drug-likeness (QED) is 0.910. The van der Waals surface area contributed by atoms with Gasteiger partial charge in [-0.15, -0.1) is 0 Å². The Hall–Kier alpha value is -1.39. The molecule has 0 aliphatic heterocycles. The number of hydrogen-bond donors (Lipinski definition) is 1. The summed E-state index contributed by atoms with van der Waals surface area (Å²) in [7, 11) is 0. The van der Waals surface area contributed by atoms with Crippen LogP contribution in [0.2, 0.25) is 5.02 Å². The monoisotopic (exact) mass is 250 g/mol. The van der Waals surface area contributed by atoms with Crippen molar-refractivity contribution in [3.63, 3.8) is 0 Å². The van der Waals surface area contributed by atoms with Gasteiger partial charge in [0.25, 0.3) is 0 Å². The summed E-state index contributed by atoms with van der Waals surface area (Å²) in [6.45, 7) is 4.73. The average Bonchev–Trinajstić information content (AvgIpc) is 2.70. The fourth-order valence-electron chi connectivity index (χ4n) is 1.89. The van der Waals surface area contributed by atoms with Gasteiger partial charge in [0.05, 0.1) is 28.6 Å². The first-order valence-corrected chi connectivity index (χ1v) is 5.91. The third kappa shape index (κ3) is 2.18. The molecule has 2 aromatic rings. The van der Waals surface area contributed by atoms with Crippen LogP contribution < -0.4 is 5.73 Å². The number of nitrogens with two attached hydrogens (primary N) is 1. The lowest BCUT2D eigenvalue weighted by atomic mass is 10.1. The van der Waals surface area contributed by atoms with E-state index in [9.17, 15) is 0 Å². The highest BCUT2D eigenvalue weighted by atomic mass is 35.5. The molecule has 2 aromatic heterocycles. The summed E-state index contributed by atoms with van der Waals surface area (Å²) in [5, 5.41) is 4.77. The van der Waals surface area contributed by atoms with Gasteiger partial charge < -0.3 is 5.73 Å². The molecule has 0 aliphatic rings. The lowest BCUT2D eigenvalue weighted by Gasteiger charge is -2.15. The topological polar surface area (TPSA) is 56.7 Å². The minimum Gasteiger partial charge on any atom is -0.318 e.